The molecule has 0 bridgehead atoms. The molecule has 10 nitrogen and oxygen atoms in total. The highest BCUT2D eigenvalue weighted by Gasteiger charge is 2.11. The van der Waals surface area contributed by atoms with Gasteiger partial charge < -0.3 is 4.74 Å². The van der Waals surface area contributed by atoms with Crippen LogP contribution in [-0.2, 0) is 6.54 Å². The Labute approximate surface area is 145 Å². The standard InChI is InChI=1S/C16H12N4O6/c21-16-14-5-4-12(20(24)25)9-15(14)17-10-18(16)6-7-26-13-3-1-2-11(8-13)19(22)23/h1-5,8-10H,6-7H2. The number of aromatic nitrogens is 2. The largest absolute Gasteiger partial charge is 0.491 e. The van der Waals surface area contributed by atoms with Gasteiger partial charge in [0.15, 0.2) is 0 Å². The lowest BCUT2D eigenvalue weighted by molar-refractivity contribution is -0.385. The molecule has 132 valence electrons. The Morgan fingerprint density at radius 3 is 2.50 bits per heavy atom. The van der Waals surface area contributed by atoms with Crippen LogP contribution in [0.5, 0.6) is 5.75 Å². The molecule has 0 fully saturated rings. The molecular formula is C16H12N4O6. The summed E-state index contributed by atoms with van der Waals surface area (Å²) in [6, 6.07) is 9.57. The normalized spacial score (nSPS) is 10.6. The molecule has 10 heteroatoms. The zero-order valence-electron chi connectivity index (χ0n) is 13.3. The molecule has 26 heavy (non-hydrogen) atoms. The third-order valence-electron chi connectivity index (χ3n) is 3.65. The molecule has 0 spiro atoms. The van der Waals surface area contributed by atoms with Crippen LogP contribution >= 0.6 is 0 Å². The predicted octanol–water partition coefficient (Wildman–Crippen LogP) is 2.29. The molecule has 3 rings (SSSR count). The highest BCUT2D eigenvalue weighted by Crippen LogP contribution is 2.19. The molecule has 0 saturated heterocycles. The van der Waals surface area contributed by atoms with Gasteiger partial charge in [-0.1, -0.05) is 6.07 Å². The van der Waals surface area contributed by atoms with E-state index in [2.05, 4.69) is 4.98 Å². The summed E-state index contributed by atoms with van der Waals surface area (Å²) in [5, 5.41) is 21.8. The molecule has 0 saturated carbocycles. The Morgan fingerprint density at radius 1 is 1.04 bits per heavy atom. The average molecular weight is 356 g/mol. The minimum Gasteiger partial charge on any atom is -0.491 e. The number of non-ortho nitro benzene ring substituents is 2. The van der Waals surface area contributed by atoms with Gasteiger partial charge in [-0.15, -0.1) is 0 Å². The van der Waals surface area contributed by atoms with E-state index in [0.717, 1.165) is 0 Å². The molecular weight excluding hydrogens is 344 g/mol. The highest BCUT2D eigenvalue weighted by molar-refractivity contribution is 5.79. The lowest BCUT2D eigenvalue weighted by Gasteiger charge is -2.08. The second kappa shape index (κ2) is 6.97. The number of nitro groups is 2. The number of hydrogen-bond donors (Lipinski definition) is 0. The summed E-state index contributed by atoms with van der Waals surface area (Å²) >= 11 is 0. The van der Waals surface area contributed by atoms with Gasteiger partial charge in [0.05, 0.1) is 39.7 Å². The molecule has 2 aromatic carbocycles. The van der Waals surface area contributed by atoms with Gasteiger partial charge in [-0.3, -0.25) is 29.6 Å². The number of nitrogens with zero attached hydrogens (tertiary/aromatic N) is 4. The van der Waals surface area contributed by atoms with E-state index in [9.17, 15) is 25.0 Å². The number of ether oxygens (including phenoxy) is 1. The van der Waals surface area contributed by atoms with Crippen LogP contribution in [0.3, 0.4) is 0 Å². The molecule has 0 radical (unpaired) electrons. The Kier molecular flexibility index (Phi) is 4.56. The summed E-state index contributed by atoms with van der Waals surface area (Å²) in [4.78, 5) is 36.9. The summed E-state index contributed by atoms with van der Waals surface area (Å²) in [5.41, 5.74) is -0.350. The summed E-state index contributed by atoms with van der Waals surface area (Å²) in [6.07, 6.45) is 1.28. The van der Waals surface area contributed by atoms with Crippen LogP contribution in [0.2, 0.25) is 0 Å². The summed E-state index contributed by atoms with van der Waals surface area (Å²) in [5.74, 6) is 0.316. The molecule has 0 amide bonds. The van der Waals surface area contributed by atoms with Gasteiger partial charge in [-0.25, -0.2) is 4.98 Å². The van der Waals surface area contributed by atoms with Crippen molar-refractivity contribution >= 4 is 22.3 Å². The second-order valence-electron chi connectivity index (χ2n) is 5.30. The molecule has 0 aliphatic carbocycles. The molecule has 0 aliphatic heterocycles. The van der Waals surface area contributed by atoms with Crippen LogP contribution in [0.1, 0.15) is 0 Å². The van der Waals surface area contributed by atoms with Crippen molar-refractivity contribution in [2.75, 3.05) is 6.61 Å². The first-order chi connectivity index (χ1) is 12.5. The van der Waals surface area contributed by atoms with Crippen LogP contribution in [0.4, 0.5) is 11.4 Å². The first kappa shape index (κ1) is 17.0. The molecule has 3 aromatic rings. The monoisotopic (exact) mass is 356 g/mol. The van der Waals surface area contributed by atoms with Crippen molar-refractivity contribution in [3.8, 4) is 5.75 Å². The topological polar surface area (TPSA) is 130 Å². The molecule has 1 heterocycles. The number of benzene rings is 2. The fourth-order valence-electron chi connectivity index (χ4n) is 2.37. The van der Waals surface area contributed by atoms with E-state index in [4.69, 9.17) is 4.74 Å². The molecule has 0 N–H and O–H groups in total. The fourth-order valence-corrected chi connectivity index (χ4v) is 2.37. The van der Waals surface area contributed by atoms with Gasteiger partial charge >= 0.3 is 0 Å². The molecule has 0 atom stereocenters. The quantitative estimate of drug-likeness (QED) is 0.489. The van der Waals surface area contributed by atoms with Crippen molar-refractivity contribution in [1.29, 1.82) is 0 Å². The van der Waals surface area contributed by atoms with Crippen LogP contribution < -0.4 is 10.3 Å². The Hall–Kier alpha value is -3.82. The fraction of sp³-hybridized carbons (Fsp3) is 0.125. The van der Waals surface area contributed by atoms with Gasteiger partial charge in [-0.05, 0) is 12.1 Å². The maximum Gasteiger partial charge on any atom is 0.273 e. The number of fused-ring (bicyclic) bond motifs is 1. The second-order valence-corrected chi connectivity index (χ2v) is 5.30. The van der Waals surface area contributed by atoms with Gasteiger partial charge in [0, 0.05) is 18.2 Å². The Morgan fingerprint density at radius 2 is 1.77 bits per heavy atom. The average Bonchev–Trinajstić information content (AvgIpc) is 2.63. The Bertz CT molecular complexity index is 1060. The van der Waals surface area contributed by atoms with Gasteiger partial charge in [-0.2, -0.15) is 0 Å². The van der Waals surface area contributed by atoms with Gasteiger partial charge in [0.25, 0.3) is 16.9 Å². The molecule has 1 aromatic heterocycles. The predicted molar refractivity (Wildman–Crippen MR) is 91.2 cm³/mol. The van der Waals surface area contributed by atoms with Crippen molar-refractivity contribution in [2.24, 2.45) is 0 Å². The van der Waals surface area contributed by atoms with E-state index in [1.165, 1.54) is 47.3 Å². The molecule has 0 unspecified atom stereocenters. The van der Waals surface area contributed by atoms with Crippen molar-refractivity contribution < 1.29 is 14.6 Å². The maximum atomic E-state index is 12.4. The minimum atomic E-state index is -0.556. The third kappa shape index (κ3) is 3.48. The highest BCUT2D eigenvalue weighted by atomic mass is 16.6. The smallest absolute Gasteiger partial charge is 0.273 e. The van der Waals surface area contributed by atoms with Crippen LogP contribution in [0, 0.1) is 20.2 Å². The van der Waals surface area contributed by atoms with E-state index < -0.39 is 9.85 Å². The molecule has 0 aliphatic rings. The SMILES string of the molecule is O=c1c2ccc([N+](=O)[O-])cc2ncn1CCOc1cccc([N+](=O)[O-])c1. The first-order valence-electron chi connectivity index (χ1n) is 7.46. The first-order valence-corrected chi connectivity index (χ1v) is 7.46. The van der Waals surface area contributed by atoms with Gasteiger partial charge in [0.1, 0.15) is 12.4 Å². The van der Waals surface area contributed by atoms with E-state index in [1.807, 2.05) is 0 Å². The maximum absolute atomic E-state index is 12.4. The lowest BCUT2D eigenvalue weighted by atomic mass is 10.2. The number of rotatable bonds is 6. The third-order valence-corrected chi connectivity index (χ3v) is 3.65. The summed E-state index contributed by atoms with van der Waals surface area (Å²) in [7, 11) is 0. The van der Waals surface area contributed by atoms with E-state index >= 15 is 0 Å². The number of hydrogen-bond acceptors (Lipinski definition) is 7. The Balaban J connectivity index is 1.75. The van der Waals surface area contributed by atoms with Crippen molar-refractivity contribution in [2.45, 2.75) is 6.54 Å². The van der Waals surface area contributed by atoms with E-state index in [1.54, 1.807) is 6.07 Å². The van der Waals surface area contributed by atoms with Crippen LogP contribution in [-0.4, -0.2) is 26.0 Å². The van der Waals surface area contributed by atoms with Crippen molar-refractivity contribution in [3.63, 3.8) is 0 Å². The summed E-state index contributed by atoms with van der Waals surface area (Å²) < 4.78 is 6.75. The van der Waals surface area contributed by atoms with E-state index in [-0.39, 0.29) is 41.0 Å². The summed E-state index contributed by atoms with van der Waals surface area (Å²) in [6.45, 7) is 0.267. The van der Waals surface area contributed by atoms with Crippen LogP contribution in [0.25, 0.3) is 10.9 Å². The van der Waals surface area contributed by atoms with E-state index in [0.29, 0.717) is 5.75 Å². The lowest BCUT2D eigenvalue weighted by Crippen LogP contribution is -2.23. The number of nitro benzene ring substituents is 2. The van der Waals surface area contributed by atoms with Gasteiger partial charge in [0.2, 0.25) is 0 Å². The van der Waals surface area contributed by atoms with Crippen molar-refractivity contribution in [1.82, 2.24) is 9.55 Å². The zero-order valence-corrected chi connectivity index (χ0v) is 13.3. The minimum absolute atomic E-state index is 0.0892. The zero-order chi connectivity index (χ0) is 18.7. The van der Waals surface area contributed by atoms with Crippen LogP contribution in [0.15, 0.2) is 53.6 Å². The van der Waals surface area contributed by atoms with Crippen molar-refractivity contribution in [3.05, 3.63) is 79.4 Å².